The minimum absolute atomic E-state index is 0.129. The molecule has 3 aromatic rings. The first-order valence-electron chi connectivity index (χ1n) is 8.28. The van der Waals surface area contributed by atoms with Crippen LogP contribution in [-0.4, -0.2) is 17.2 Å². The summed E-state index contributed by atoms with van der Waals surface area (Å²) < 4.78 is 0. The summed E-state index contributed by atoms with van der Waals surface area (Å²) in [6.45, 7) is 0. The molecule has 0 aliphatic carbocycles. The van der Waals surface area contributed by atoms with Crippen LogP contribution in [0.25, 0.3) is 6.08 Å². The van der Waals surface area contributed by atoms with Gasteiger partial charge in [0.1, 0.15) is 0 Å². The van der Waals surface area contributed by atoms with Crippen molar-refractivity contribution in [3.63, 3.8) is 0 Å². The molecule has 0 atom stereocenters. The molecular formula is C22H21O2P. The van der Waals surface area contributed by atoms with Gasteiger partial charge in [0.25, 0.3) is 0 Å². The van der Waals surface area contributed by atoms with E-state index < -0.39 is 13.2 Å². The van der Waals surface area contributed by atoms with E-state index in [2.05, 4.69) is 36.2 Å². The fourth-order valence-electron chi connectivity index (χ4n) is 3.13. The van der Waals surface area contributed by atoms with Gasteiger partial charge in [-0.15, -0.1) is 0 Å². The third-order valence-electron chi connectivity index (χ3n) is 4.37. The van der Waals surface area contributed by atoms with Crippen molar-refractivity contribution in [2.45, 2.75) is 0 Å². The second kappa shape index (κ2) is 7.92. The number of benzene rings is 3. The van der Waals surface area contributed by atoms with E-state index in [0.29, 0.717) is 0 Å². The monoisotopic (exact) mass is 348 g/mol. The molecule has 0 bridgehead atoms. The predicted octanol–water partition coefficient (Wildman–Crippen LogP) is 4.14. The van der Waals surface area contributed by atoms with Gasteiger partial charge in [-0.05, 0) is 0 Å². The number of rotatable bonds is 6. The molecule has 0 saturated carbocycles. The van der Waals surface area contributed by atoms with E-state index in [1.165, 1.54) is 0 Å². The fraction of sp³-hybridized carbons (Fsp3) is 0.0455. The van der Waals surface area contributed by atoms with Crippen molar-refractivity contribution < 1.29 is 9.90 Å². The van der Waals surface area contributed by atoms with Crippen LogP contribution in [0.2, 0.25) is 0 Å². The molecule has 3 heteroatoms. The summed E-state index contributed by atoms with van der Waals surface area (Å²) in [5.41, 5.74) is 1.08. The number of carbonyl (C=O) groups is 1. The number of aliphatic carboxylic acids is 1. The molecule has 0 aliphatic rings. The zero-order valence-electron chi connectivity index (χ0n) is 13.9. The molecule has 0 aliphatic heterocycles. The molecule has 25 heavy (non-hydrogen) atoms. The Balaban J connectivity index is 2.18. The molecule has 2 nitrogen and oxygen atoms in total. The van der Waals surface area contributed by atoms with E-state index >= 15 is 0 Å². The number of hydrogen-bond acceptors (Lipinski definition) is 1. The summed E-state index contributed by atoms with van der Waals surface area (Å²) in [4.78, 5) is 11.8. The summed E-state index contributed by atoms with van der Waals surface area (Å²) in [6, 6.07) is 30.1. The molecule has 0 fully saturated rings. The Morgan fingerprint density at radius 1 is 0.760 bits per heavy atom. The molecule has 3 rings (SSSR count). The Morgan fingerprint density at radius 3 is 1.64 bits per heavy atom. The zero-order valence-corrected chi connectivity index (χ0v) is 14.9. The fourth-order valence-corrected chi connectivity index (χ4v) is 6.91. The van der Waals surface area contributed by atoms with E-state index in [0.717, 1.165) is 16.2 Å². The van der Waals surface area contributed by atoms with Gasteiger partial charge in [-0.25, -0.2) is 0 Å². The van der Waals surface area contributed by atoms with Crippen molar-refractivity contribution >= 4 is 29.9 Å². The molecule has 0 amide bonds. The van der Waals surface area contributed by atoms with Crippen LogP contribution in [0.5, 0.6) is 0 Å². The molecule has 126 valence electrons. The molecule has 0 unspecified atom stereocenters. The van der Waals surface area contributed by atoms with Gasteiger partial charge in [-0.1, -0.05) is 0 Å². The van der Waals surface area contributed by atoms with Gasteiger partial charge in [0.05, 0.1) is 0 Å². The van der Waals surface area contributed by atoms with E-state index in [-0.39, 0.29) is 6.16 Å². The normalized spacial score (nSPS) is 12.2. The average Bonchev–Trinajstić information content (AvgIpc) is 2.67. The van der Waals surface area contributed by atoms with Gasteiger partial charge in [0, 0.05) is 0 Å². The van der Waals surface area contributed by atoms with E-state index in [4.69, 9.17) is 0 Å². The minimum atomic E-state index is -2.57. The van der Waals surface area contributed by atoms with Crippen LogP contribution in [0.1, 0.15) is 5.56 Å². The zero-order chi connectivity index (χ0) is 17.5. The maximum absolute atomic E-state index is 11.8. The summed E-state index contributed by atoms with van der Waals surface area (Å²) >= 11 is 0. The summed E-state index contributed by atoms with van der Waals surface area (Å²) in [6.07, 6.45) is 2.19. The molecule has 0 saturated heterocycles. The number of hydrogen-bond donors (Lipinski definition) is 1. The SMILES string of the molecule is O=C(O)C[PH](C=Cc1ccccc1)(c1ccccc1)c1ccccc1. The number of carboxylic acid groups (broad SMARTS) is 1. The summed E-state index contributed by atoms with van der Waals surface area (Å²) in [5, 5.41) is 11.9. The summed E-state index contributed by atoms with van der Waals surface area (Å²) in [7, 11) is -2.57. The third-order valence-corrected chi connectivity index (χ3v) is 8.69. The quantitative estimate of drug-likeness (QED) is 0.680. The molecule has 0 heterocycles. The van der Waals surface area contributed by atoms with Crippen molar-refractivity contribution in [2.75, 3.05) is 6.16 Å². The Labute approximate surface area is 148 Å². The topological polar surface area (TPSA) is 37.3 Å². The van der Waals surface area contributed by atoms with Gasteiger partial charge in [-0.3, -0.25) is 0 Å². The first-order valence-corrected chi connectivity index (χ1v) is 10.6. The van der Waals surface area contributed by atoms with E-state index in [9.17, 15) is 9.90 Å². The van der Waals surface area contributed by atoms with Gasteiger partial charge < -0.3 is 0 Å². The van der Waals surface area contributed by atoms with Gasteiger partial charge in [0.15, 0.2) is 0 Å². The van der Waals surface area contributed by atoms with E-state index in [1.54, 1.807) is 0 Å². The van der Waals surface area contributed by atoms with Gasteiger partial charge >= 0.3 is 148 Å². The maximum atomic E-state index is 11.8. The van der Waals surface area contributed by atoms with Crippen LogP contribution in [0, 0.1) is 0 Å². The average molecular weight is 348 g/mol. The number of carboxylic acids is 1. The summed E-state index contributed by atoms with van der Waals surface area (Å²) in [5.74, 6) is 1.39. The first kappa shape index (κ1) is 17.1. The van der Waals surface area contributed by atoms with E-state index in [1.807, 2.05) is 66.7 Å². The molecular weight excluding hydrogens is 327 g/mol. The van der Waals surface area contributed by atoms with Crippen LogP contribution in [0.3, 0.4) is 0 Å². The van der Waals surface area contributed by atoms with Crippen molar-refractivity contribution in [3.05, 3.63) is 102 Å². The Kier molecular flexibility index (Phi) is 5.42. The van der Waals surface area contributed by atoms with Crippen LogP contribution < -0.4 is 10.6 Å². The van der Waals surface area contributed by atoms with Gasteiger partial charge in [-0.2, -0.15) is 0 Å². The molecule has 0 aromatic heterocycles. The van der Waals surface area contributed by atoms with Crippen LogP contribution in [0.15, 0.2) is 96.8 Å². The van der Waals surface area contributed by atoms with Crippen LogP contribution in [0.4, 0.5) is 0 Å². The van der Waals surface area contributed by atoms with Gasteiger partial charge in [0.2, 0.25) is 0 Å². The molecule has 3 aromatic carbocycles. The van der Waals surface area contributed by atoms with Crippen molar-refractivity contribution in [2.24, 2.45) is 0 Å². The molecule has 1 N–H and O–H groups in total. The van der Waals surface area contributed by atoms with Crippen LogP contribution in [-0.2, 0) is 4.79 Å². The molecule has 0 spiro atoms. The Hall–Kier alpha value is -2.70. The Morgan fingerprint density at radius 2 is 1.20 bits per heavy atom. The van der Waals surface area contributed by atoms with Crippen molar-refractivity contribution in [1.82, 2.24) is 0 Å². The Bertz CT molecular complexity index is 803. The first-order chi connectivity index (χ1) is 12.2. The second-order valence-corrected chi connectivity index (χ2v) is 9.80. The van der Waals surface area contributed by atoms with Crippen molar-refractivity contribution in [1.29, 1.82) is 0 Å². The molecule has 0 radical (unpaired) electrons. The van der Waals surface area contributed by atoms with Crippen LogP contribution >= 0.6 is 7.26 Å². The standard InChI is InChI=1S/C22H21O2P/c23-22(24)18-25(20-12-6-2-7-13-20,21-14-8-3-9-15-21)17-16-19-10-4-1-5-11-19/h1-17,25H,18H2,(H,23,24). The second-order valence-electron chi connectivity index (χ2n) is 6.02. The third kappa shape index (κ3) is 4.04. The predicted molar refractivity (Wildman–Crippen MR) is 108 cm³/mol. The van der Waals surface area contributed by atoms with Crippen molar-refractivity contribution in [3.8, 4) is 0 Å².